The third-order valence-electron chi connectivity index (χ3n) is 4.18. The van der Waals surface area contributed by atoms with E-state index in [1.807, 2.05) is 0 Å². The van der Waals surface area contributed by atoms with Crippen LogP contribution in [0.3, 0.4) is 0 Å². The second kappa shape index (κ2) is 7.14. The van der Waals surface area contributed by atoms with Gasteiger partial charge in [0.2, 0.25) is 0 Å². The van der Waals surface area contributed by atoms with Crippen LogP contribution in [0.4, 0.5) is 13.6 Å². The number of alkyl halides is 2. The molecule has 1 aliphatic rings. The van der Waals surface area contributed by atoms with Gasteiger partial charge in [-0.3, -0.25) is 4.79 Å². The Kier molecular flexibility index (Phi) is 4.87. The lowest BCUT2D eigenvalue weighted by atomic mass is 9.92. The number of aromatic hydroxyl groups is 2. The fourth-order valence-corrected chi connectivity index (χ4v) is 2.67. The Morgan fingerprint density at radius 2 is 1.86 bits per heavy atom. The van der Waals surface area contributed by atoms with Crippen molar-refractivity contribution in [2.24, 2.45) is 5.10 Å². The van der Waals surface area contributed by atoms with Gasteiger partial charge < -0.3 is 20.3 Å². The maximum atomic E-state index is 12.7. The molecule has 0 bridgehead atoms. The molecule has 1 fully saturated rings. The molecule has 0 saturated carbocycles. The van der Waals surface area contributed by atoms with E-state index in [4.69, 9.17) is 0 Å². The zero-order valence-electron chi connectivity index (χ0n) is 14.5. The second-order valence-corrected chi connectivity index (χ2v) is 6.03. The van der Waals surface area contributed by atoms with E-state index in [9.17, 15) is 28.6 Å². The fraction of sp³-hybridized carbons (Fsp3) is 0.167. The van der Waals surface area contributed by atoms with Gasteiger partial charge in [-0.2, -0.15) is 13.9 Å². The highest BCUT2D eigenvalue weighted by molar-refractivity contribution is 6.07. The summed E-state index contributed by atoms with van der Waals surface area (Å²) < 4.78 is 28.8. The Morgan fingerprint density at radius 3 is 2.50 bits per heavy atom. The maximum absolute atomic E-state index is 12.7. The quantitative estimate of drug-likeness (QED) is 0.412. The standard InChI is InChI=1S/C18H15F2N3O5/c1-18(11-5-7-12(8-6-11)28-16(19)20)15(26)23(17(27)22-18)21-9-10-3-2-4-13(24)14(10)25/h2-9,16,24-25H,1H3,(H,22,27)/b21-9+/t18-/m0/s1. The number of phenolic OH excluding ortho intramolecular Hbond substituents is 2. The van der Waals surface area contributed by atoms with Gasteiger partial charge in [0.05, 0.1) is 6.21 Å². The molecule has 0 spiro atoms. The molecule has 1 atom stereocenters. The Balaban J connectivity index is 1.84. The smallest absolute Gasteiger partial charge is 0.387 e. The molecule has 1 heterocycles. The molecule has 2 aromatic carbocycles. The molecule has 146 valence electrons. The zero-order chi connectivity index (χ0) is 20.5. The number of para-hydroxylation sites is 1. The number of nitrogens with one attached hydrogen (secondary N) is 1. The van der Waals surface area contributed by atoms with Crippen molar-refractivity contribution in [3.63, 3.8) is 0 Å². The summed E-state index contributed by atoms with van der Waals surface area (Å²) in [7, 11) is 0. The largest absolute Gasteiger partial charge is 0.504 e. The van der Waals surface area contributed by atoms with E-state index in [2.05, 4.69) is 15.2 Å². The van der Waals surface area contributed by atoms with Crippen molar-refractivity contribution in [1.82, 2.24) is 10.3 Å². The first kappa shape index (κ1) is 19.1. The highest BCUT2D eigenvalue weighted by atomic mass is 19.3. The van der Waals surface area contributed by atoms with Crippen molar-refractivity contribution >= 4 is 18.2 Å². The molecule has 8 nitrogen and oxygen atoms in total. The van der Waals surface area contributed by atoms with Gasteiger partial charge in [-0.15, -0.1) is 5.01 Å². The summed E-state index contributed by atoms with van der Waals surface area (Å²) in [6.45, 7) is -1.54. The van der Waals surface area contributed by atoms with Crippen LogP contribution in [0.15, 0.2) is 47.6 Å². The van der Waals surface area contributed by atoms with Crippen LogP contribution < -0.4 is 10.1 Å². The summed E-state index contributed by atoms with van der Waals surface area (Å²) in [4.78, 5) is 24.9. The van der Waals surface area contributed by atoms with Gasteiger partial charge >= 0.3 is 12.6 Å². The first-order chi connectivity index (χ1) is 13.2. The van der Waals surface area contributed by atoms with Crippen LogP contribution in [-0.4, -0.2) is 40.0 Å². The van der Waals surface area contributed by atoms with Crippen LogP contribution in [0.2, 0.25) is 0 Å². The summed E-state index contributed by atoms with van der Waals surface area (Å²) in [6, 6.07) is 8.60. The predicted molar refractivity (Wildman–Crippen MR) is 93.2 cm³/mol. The van der Waals surface area contributed by atoms with E-state index in [1.165, 1.54) is 49.4 Å². The second-order valence-electron chi connectivity index (χ2n) is 6.03. The number of carbonyl (C=O) groups is 2. The number of rotatable bonds is 5. The monoisotopic (exact) mass is 391 g/mol. The van der Waals surface area contributed by atoms with Gasteiger partial charge in [-0.25, -0.2) is 4.79 Å². The number of halogens is 2. The zero-order valence-corrected chi connectivity index (χ0v) is 14.5. The molecule has 28 heavy (non-hydrogen) atoms. The van der Waals surface area contributed by atoms with Gasteiger partial charge in [0.15, 0.2) is 11.5 Å². The highest BCUT2D eigenvalue weighted by Gasteiger charge is 2.49. The Hall–Kier alpha value is -3.69. The molecule has 0 unspecified atom stereocenters. The van der Waals surface area contributed by atoms with Crippen molar-refractivity contribution in [3.05, 3.63) is 53.6 Å². The van der Waals surface area contributed by atoms with Gasteiger partial charge in [-0.1, -0.05) is 18.2 Å². The van der Waals surface area contributed by atoms with E-state index in [-0.39, 0.29) is 17.1 Å². The van der Waals surface area contributed by atoms with E-state index >= 15 is 0 Å². The minimum Gasteiger partial charge on any atom is -0.504 e. The molecule has 3 amide bonds. The molecular formula is C18H15F2N3O5. The number of nitrogens with zero attached hydrogens (tertiary/aromatic N) is 2. The summed E-state index contributed by atoms with van der Waals surface area (Å²) >= 11 is 0. The van der Waals surface area contributed by atoms with Crippen LogP contribution in [0.5, 0.6) is 17.2 Å². The molecule has 3 N–H and O–H groups in total. The maximum Gasteiger partial charge on any atom is 0.387 e. The topological polar surface area (TPSA) is 111 Å². The average Bonchev–Trinajstić information content (AvgIpc) is 2.86. The van der Waals surface area contributed by atoms with Crippen molar-refractivity contribution in [2.45, 2.75) is 19.1 Å². The number of amides is 3. The number of benzene rings is 2. The van der Waals surface area contributed by atoms with Crippen LogP contribution in [0.25, 0.3) is 0 Å². The summed E-state index contributed by atoms with van der Waals surface area (Å²) in [5.74, 6) is -1.63. The van der Waals surface area contributed by atoms with E-state index in [0.29, 0.717) is 10.6 Å². The van der Waals surface area contributed by atoms with Crippen LogP contribution in [0.1, 0.15) is 18.1 Å². The number of urea groups is 1. The first-order valence-electron chi connectivity index (χ1n) is 7.99. The predicted octanol–water partition coefficient (Wildman–Crippen LogP) is 2.50. The number of hydrogen-bond donors (Lipinski definition) is 3. The summed E-state index contributed by atoms with van der Waals surface area (Å²) in [5.41, 5.74) is -1.04. The third kappa shape index (κ3) is 3.43. The lowest BCUT2D eigenvalue weighted by Crippen LogP contribution is -2.40. The minimum atomic E-state index is -2.98. The SMILES string of the molecule is C[C@@]1(c2ccc(OC(F)F)cc2)NC(=O)N(/N=C/c2cccc(O)c2O)C1=O. The number of hydrogen-bond acceptors (Lipinski definition) is 6. The average molecular weight is 391 g/mol. The summed E-state index contributed by atoms with van der Waals surface area (Å²) in [6.07, 6.45) is 1.05. The molecular weight excluding hydrogens is 376 g/mol. The molecule has 0 aromatic heterocycles. The van der Waals surface area contributed by atoms with Crippen molar-refractivity contribution in [3.8, 4) is 17.2 Å². The molecule has 2 aromatic rings. The van der Waals surface area contributed by atoms with Crippen molar-refractivity contribution in [2.75, 3.05) is 0 Å². The summed E-state index contributed by atoms with van der Waals surface area (Å²) in [5, 5.41) is 26.1. The van der Waals surface area contributed by atoms with Crippen LogP contribution >= 0.6 is 0 Å². The number of hydrazone groups is 1. The highest BCUT2D eigenvalue weighted by Crippen LogP contribution is 2.31. The third-order valence-corrected chi connectivity index (χ3v) is 4.18. The van der Waals surface area contributed by atoms with Gasteiger partial charge in [0.25, 0.3) is 5.91 Å². The molecule has 1 saturated heterocycles. The normalized spacial score (nSPS) is 19.5. The fourth-order valence-electron chi connectivity index (χ4n) is 2.67. The first-order valence-corrected chi connectivity index (χ1v) is 7.99. The van der Waals surface area contributed by atoms with Crippen LogP contribution in [-0.2, 0) is 10.3 Å². The molecule has 3 rings (SSSR count). The lowest BCUT2D eigenvalue weighted by molar-refractivity contribution is -0.131. The molecule has 0 aliphatic carbocycles. The van der Waals surface area contributed by atoms with E-state index in [0.717, 1.165) is 6.21 Å². The molecule has 10 heteroatoms. The number of ether oxygens (including phenoxy) is 1. The van der Waals surface area contributed by atoms with Crippen molar-refractivity contribution in [1.29, 1.82) is 0 Å². The van der Waals surface area contributed by atoms with Gasteiger partial charge in [0, 0.05) is 5.56 Å². The number of carbonyl (C=O) groups excluding carboxylic acids is 2. The van der Waals surface area contributed by atoms with Gasteiger partial charge in [-0.05, 0) is 36.8 Å². The molecule has 0 radical (unpaired) electrons. The Bertz CT molecular complexity index is 949. The lowest BCUT2D eigenvalue weighted by Gasteiger charge is -2.21. The minimum absolute atomic E-state index is 0.0895. The van der Waals surface area contributed by atoms with Crippen LogP contribution in [0, 0.1) is 0 Å². The Labute approximate surface area is 157 Å². The van der Waals surface area contributed by atoms with Crippen molar-refractivity contribution < 1.29 is 33.3 Å². The van der Waals surface area contributed by atoms with Gasteiger partial charge in [0.1, 0.15) is 11.3 Å². The Morgan fingerprint density at radius 1 is 1.18 bits per heavy atom. The van der Waals surface area contributed by atoms with E-state index < -0.39 is 29.8 Å². The number of imide groups is 1. The van der Waals surface area contributed by atoms with E-state index in [1.54, 1.807) is 0 Å². The molecule has 1 aliphatic heterocycles. The number of phenols is 2.